The highest BCUT2D eigenvalue weighted by atomic mass is 16.2. The van der Waals surface area contributed by atoms with E-state index in [0.29, 0.717) is 54.8 Å². The number of amides is 4. The van der Waals surface area contributed by atoms with E-state index in [-0.39, 0.29) is 23.6 Å². The zero-order valence-electron chi connectivity index (χ0n) is 34.2. The number of nitrogens with one attached hydrogen (secondary N) is 2. The summed E-state index contributed by atoms with van der Waals surface area (Å²) < 4.78 is 0. The van der Waals surface area contributed by atoms with Gasteiger partial charge in [0.2, 0.25) is 11.8 Å². The van der Waals surface area contributed by atoms with Gasteiger partial charge < -0.3 is 30.2 Å². The van der Waals surface area contributed by atoms with Gasteiger partial charge in [-0.2, -0.15) is 0 Å². The van der Waals surface area contributed by atoms with Gasteiger partial charge in [-0.15, -0.1) is 0 Å². The van der Waals surface area contributed by atoms with Gasteiger partial charge in [-0.1, -0.05) is 74.1 Å². The summed E-state index contributed by atoms with van der Waals surface area (Å²) in [7, 11) is 0. The summed E-state index contributed by atoms with van der Waals surface area (Å²) in [6, 6.07) is 7.46. The summed E-state index contributed by atoms with van der Waals surface area (Å²) in [4.78, 5) is 66.1. The van der Waals surface area contributed by atoms with Gasteiger partial charge in [0, 0.05) is 90.7 Å². The molecule has 2 aromatic heterocycles. The van der Waals surface area contributed by atoms with Gasteiger partial charge in [-0.05, 0) is 54.9 Å². The number of carbonyl (C=O) groups is 4. The molecule has 2 aliphatic rings. The Kier molecular flexibility index (Phi) is 19.3. The van der Waals surface area contributed by atoms with Crippen molar-refractivity contribution in [1.29, 1.82) is 0 Å². The molecule has 2 aliphatic heterocycles. The van der Waals surface area contributed by atoms with E-state index in [4.69, 9.17) is 0 Å². The third-order valence-corrected chi connectivity index (χ3v) is 10.4. The largest absolute Gasteiger partial charge is 0.353 e. The van der Waals surface area contributed by atoms with Crippen molar-refractivity contribution in [2.24, 2.45) is 17.8 Å². The first-order valence-electron chi connectivity index (χ1n) is 20.5. The fourth-order valence-corrected chi connectivity index (χ4v) is 6.18. The number of rotatable bonds is 17. The van der Waals surface area contributed by atoms with E-state index in [2.05, 4.69) is 78.9 Å². The smallest absolute Gasteiger partial charge is 0.252 e. The first-order valence-corrected chi connectivity index (χ1v) is 20.5. The Bertz CT molecular complexity index is 1420. The fraction of sp³-hybridized carbons (Fsp3) is 0.667. The lowest BCUT2D eigenvalue weighted by molar-refractivity contribution is -0.133. The quantitative estimate of drug-likeness (QED) is 0.188. The highest BCUT2D eigenvalue weighted by Gasteiger charge is 2.24. The molecule has 0 spiro atoms. The van der Waals surface area contributed by atoms with Crippen molar-refractivity contribution in [3.8, 4) is 0 Å². The van der Waals surface area contributed by atoms with E-state index in [1.54, 1.807) is 12.4 Å². The van der Waals surface area contributed by atoms with E-state index in [1.165, 1.54) is 0 Å². The van der Waals surface area contributed by atoms with Crippen LogP contribution in [0.5, 0.6) is 0 Å². The molecule has 2 N–H and O–H groups in total. The van der Waals surface area contributed by atoms with Crippen LogP contribution in [0.1, 0.15) is 121 Å². The lowest BCUT2D eigenvalue weighted by atomic mass is 10.0. The average Bonchev–Trinajstić information content (AvgIpc) is 3.19. The molecule has 300 valence electrons. The van der Waals surface area contributed by atoms with Crippen LogP contribution in [-0.2, 0) is 9.59 Å². The number of hydrogen-bond acceptors (Lipinski definition) is 8. The Morgan fingerprint density at radius 1 is 0.611 bits per heavy atom. The predicted molar refractivity (Wildman–Crippen MR) is 218 cm³/mol. The molecule has 2 fully saturated rings. The average molecular weight is 749 g/mol. The van der Waals surface area contributed by atoms with Crippen LogP contribution in [0.3, 0.4) is 0 Å². The maximum atomic E-state index is 12.3. The van der Waals surface area contributed by atoms with Crippen molar-refractivity contribution in [2.75, 3.05) is 75.2 Å². The Labute approximate surface area is 324 Å². The maximum Gasteiger partial charge on any atom is 0.252 e. The highest BCUT2D eigenvalue weighted by Crippen LogP contribution is 2.18. The van der Waals surface area contributed by atoms with Crippen LogP contribution < -0.4 is 20.4 Å². The molecule has 2 aromatic rings. The minimum atomic E-state index is -0.0739. The van der Waals surface area contributed by atoms with Crippen LogP contribution in [0.2, 0.25) is 0 Å². The Hall–Kier alpha value is -4.22. The van der Waals surface area contributed by atoms with Crippen LogP contribution in [0, 0.1) is 17.8 Å². The maximum absolute atomic E-state index is 12.3. The number of aromatic nitrogens is 2. The second-order valence-corrected chi connectivity index (χ2v) is 15.4. The van der Waals surface area contributed by atoms with Crippen LogP contribution in [-0.4, -0.2) is 109 Å². The summed E-state index contributed by atoms with van der Waals surface area (Å²) in [6.07, 6.45) is 10.9. The lowest BCUT2D eigenvalue weighted by Crippen LogP contribution is -2.49. The van der Waals surface area contributed by atoms with Crippen molar-refractivity contribution >= 4 is 35.3 Å². The molecule has 0 bridgehead atoms. The topological polar surface area (TPSA) is 131 Å². The zero-order valence-corrected chi connectivity index (χ0v) is 34.2. The van der Waals surface area contributed by atoms with E-state index in [9.17, 15) is 19.2 Å². The molecule has 4 rings (SSSR count). The fourth-order valence-electron chi connectivity index (χ4n) is 6.18. The number of nitrogens with zero attached hydrogens (tertiary/aromatic N) is 6. The highest BCUT2D eigenvalue weighted by molar-refractivity contribution is 5.94. The summed E-state index contributed by atoms with van der Waals surface area (Å²) in [5, 5.41) is 5.87. The minimum absolute atomic E-state index is 0.0642. The van der Waals surface area contributed by atoms with Crippen molar-refractivity contribution < 1.29 is 19.2 Å². The molecule has 12 heteroatoms. The molecule has 4 heterocycles. The number of unbranched alkanes of at least 4 members (excludes halogenated alkanes) is 2. The number of carbonyl (C=O) groups excluding carboxylic acids is 4. The molecule has 54 heavy (non-hydrogen) atoms. The standard InChI is InChI=1S/2C21H34N4O2/c1-5-17(4)14-20(26)25-12-10-24(11-13-25)19-7-6-18(15-23-19)21(27)22-9-8-16(2)3;1-4-6-7-10-22-21(27)18-8-9-19(23-16-18)24-11-13-25(14-12-24)20(26)15-17(3)5-2/h6-7,15-17H,5,8-14H2,1-4H3,(H,22,27);8-9,16-17H,4-7,10-15H2,1-3H3,(H,22,27). The Balaban J connectivity index is 0.000000290. The lowest BCUT2D eigenvalue weighted by Gasteiger charge is -2.35. The number of piperazine rings is 2. The van der Waals surface area contributed by atoms with E-state index >= 15 is 0 Å². The molecule has 2 saturated heterocycles. The zero-order chi connectivity index (χ0) is 39.5. The summed E-state index contributed by atoms with van der Waals surface area (Å²) >= 11 is 0. The summed E-state index contributed by atoms with van der Waals surface area (Å²) in [5.41, 5.74) is 1.18. The van der Waals surface area contributed by atoms with Gasteiger partial charge in [-0.25, -0.2) is 9.97 Å². The van der Waals surface area contributed by atoms with Gasteiger partial charge >= 0.3 is 0 Å². The number of pyridine rings is 2. The second-order valence-electron chi connectivity index (χ2n) is 15.4. The van der Waals surface area contributed by atoms with Crippen molar-refractivity contribution in [1.82, 2.24) is 30.4 Å². The van der Waals surface area contributed by atoms with Gasteiger partial charge in [0.05, 0.1) is 11.1 Å². The van der Waals surface area contributed by atoms with Gasteiger partial charge in [0.15, 0.2) is 0 Å². The van der Waals surface area contributed by atoms with Crippen molar-refractivity contribution in [3.05, 3.63) is 47.8 Å². The molecule has 2 unspecified atom stereocenters. The van der Waals surface area contributed by atoms with Crippen LogP contribution in [0.15, 0.2) is 36.7 Å². The summed E-state index contributed by atoms with van der Waals surface area (Å²) in [5.74, 6) is 3.56. The molecular weight excluding hydrogens is 681 g/mol. The third-order valence-electron chi connectivity index (χ3n) is 10.4. The Morgan fingerprint density at radius 2 is 1.04 bits per heavy atom. The number of anilines is 2. The molecule has 12 nitrogen and oxygen atoms in total. The van der Waals surface area contributed by atoms with Crippen molar-refractivity contribution in [2.45, 2.75) is 99.8 Å². The normalized spacial score (nSPS) is 15.6. The van der Waals surface area contributed by atoms with E-state index < -0.39 is 0 Å². The Morgan fingerprint density at radius 3 is 1.39 bits per heavy atom. The van der Waals surface area contributed by atoms with Gasteiger partial charge in [-0.3, -0.25) is 19.2 Å². The first kappa shape index (κ1) is 44.2. The van der Waals surface area contributed by atoms with Gasteiger partial charge in [0.25, 0.3) is 11.8 Å². The SMILES string of the molecule is CCC(C)CC(=O)N1CCN(c2ccc(C(=O)NCCC(C)C)cn2)CC1.CCCCCNC(=O)c1ccc(N2CCN(C(=O)CC(C)CC)CC2)nc1. The predicted octanol–water partition coefficient (Wildman–Crippen LogP) is 6.03. The second kappa shape index (κ2) is 23.5. The van der Waals surface area contributed by atoms with E-state index in [0.717, 1.165) is 103 Å². The first-order chi connectivity index (χ1) is 25.9. The van der Waals surface area contributed by atoms with Crippen LogP contribution in [0.4, 0.5) is 11.6 Å². The number of hydrogen-bond donors (Lipinski definition) is 2. The summed E-state index contributed by atoms with van der Waals surface area (Å²) in [6.45, 7) is 22.3. The third kappa shape index (κ3) is 14.9. The molecule has 2 atom stereocenters. The van der Waals surface area contributed by atoms with Crippen LogP contribution >= 0.6 is 0 Å². The van der Waals surface area contributed by atoms with Crippen molar-refractivity contribution in [3.63, 3.8) is 0 Å². The molecule has 0 aliphatic carbocycles. The minimum Gasteiger partial charge on any atom is -0.353 e. The molecule has 0 radical (unpaired) electrons. The van der Waals surface area contributed by atoms with Crippen LogP contribution in [0.25, 0.3) is 0 Å². The molecule has 4 amide bonds. The van der Waals surface area contributed by atoms with E-state index in [1.807, 2.05) is 34.1 Å². The molecule has 0 aromatic carbocycles. The van der Waals surface area contributed by atoms with Gasteiger partial charge in [0.1, 0.15) is 11.6 Å². The monoisotopic (exact) mass is 749 g/mol. The molecular formula is C42H68N8O4. The molecule has 0 saturated carbocycles.